The summed E-state index contributed by atoms with van der Waals surface area (Å²) in [5.41, 5.74) is 10.6. The summed E-state index contributed by atoms with van der Waals surface area (Å²) in [6, 6.07) is 65.4. The quantitative estimate of drug-likeness (QED) is 0.174. The molecule has 0 aliphatic carbocycles. The predicted molar refractivity (Wildman–Crippen MR) is 252 cm³/mol. The van der Waals surface area contributed by atoms with Gasteiger partial charge in [-0.2, -0.15) is 0 Å². The normalized spacial score (nSPS) is 11.9. The maximum atomic E-state index is 6.85. The first-order chi connectivity index (χ1) is 30.2. The average molecular weight is 798 g/mol. The second-order valence-corrected chi connectivity index (χ2v) is 16.5. The third kappa shape index (κ3) is 5.22. The minimum atomic E-state index is 0.626. The van der Waals surface area contributed by atoms with Crippen LogP contribution >= 0.6 is 11.3 Å². The van der Waals surface area contributed by atoms with E-state index >= 15 is 0 Å². The molecule has 4 heterocycles. The average Bonchev–Trinajstić information content (AvgIpc) is 4.03. The van der Waals surface area contributed by atoms with Crippen LogP contribution in [0.2, 0.25) is 0 Å². The number of furan rings is 2. The molecule has 0 saturated carbocycles. The Kier molecular flexibility index (Phi) is 7.41. The molecule has 0 unspecified atom stereocenters. The van der Waals surface area contributed by atoms with Crippen LogP contribution in [-0.2, 0) is 0 Å². The number of thiophene rings is 1. The first-order valence-electron chi connectivity index (χ1n) is 20.3. The molecule has 284 valence electrons. The molecule has 0 N–H and O–H groups in total. The molecule has 0 bridgehead atoms. The number of hydrogen-bond donors (Lipinski definition) is 0. The van der Waals surface area contributed by atoms with Crippen molar-refractivity contribution in [3.8, 4) is 56.4 Å². The van der Waals surface area contributed by atoms with Crippen LogP contribution in [0.3, 0.4) is 0 Å². The highest BCUT2D eigenvalue weighted by Crippen LogP contribution is 2.46. The Labute approximate surface area is 352 Å². The highest BCUT2D eigenvalue weighted by Gasteiger charge is 2.22. The lowest BCUT2D eigenvalue weighted by Crippen LogP contribution is -2.01. The lowest BCUT2D eigenvalue weighted by Gasteiger charge is -2.14. The molecule has 0 spiro atoms. The summed E-state index contributed by atoms with van der Waals surface area (Å²) >= 11 is 1.79. The number of hydrogen-bond acceptors (Lipinski definition) is 6. The molecule has 0 amide bonds. The van der Waals surface area contributed by atoms with Gasteiger partial charge in [0.1, 0.15) is 22.3 Å². The second kappa shape index (κ2) is 13.3. The van der Waals surface area contributed by atoms with Gasteiger partial charge in [0.2, 0.25) is 0 Å². The molecular weight excluding hydrogens is 767 g/mol. The van der Waals surface area contributed by atoms with E-state index in [1.54, 1.807) is 11.3 Å². The molecule has 0 aliphatic rings. The SMILES string of the molecule is c1ccc(-c2nc(-c3ccc(-c4cccc5oc6c(-c7cccc8oc9ccccc9c78)cccc6c45)c4ccccc34)nc(-c3cccc4sc5ccccc5c34)n2)cc1. The van der Waals surface area contributed by atoms with Crippen molar-refractivity contribution in [2.24, 2.45) is 0 Å². The minimum Gasteiger partial charge on any atom is -0.456 e. The highest BCUT2D eigenvalue weighted by atomic mass is 32.1. The van der Waals surface area contributed by atoms with Gasteiger partial charge in [0.05, 0.1) is 0 Å². The molecule has 5 nitrogen and oxygen atoms in total. The van der Waals surface area contributed by atoms with E-state index in [4.69, 9.17) is 23.8 Å². The van der Waals surface area contributed by atoms with E-state index in [0.29, 0.717) is 17.5 Å². The Balaban J connectivity index is 1.01. The maximum Gasteiger partial charge on any atom is 0.164 e. The number of aromatic nitrogens is 3. The number of para-hydroxylation sites is 2. The van der Waals surface area contributed by atoms with Crippen molar-refractivity contribution in [2.45, 2.75) is 0 Å². The molecule has 61 heavy (non-hydrogen) atoms. The third-order valence-electron chi connectivity index (χ3n) is 12.0. The Morgan fingerprint density at radius 3 is 1.66 bits per heavy atom. The van der Waals surface area contributed by atoms with E-state index in [2.05, 4.69) is 152 Å². The zero-order valence-corrected chi connectivity index (χ0v) is 33.3. The van der Waals surface area contributed by atoms with E-state index in [1.807, 2.05) is 36.4 Å². The summed E-state index contributed by atoms with van der Waals surface area (Å²) in [5.74, 6) is 1.91. The zero-order valence-electron chi connectivity index (χ0n) is 32.5. The predicted octanol–water partition coefficient (Wildman–Crippen LogP) is 15.5. The van der Waals surface area contributed by atoms with E-state index in [9.17, 15) is 0 Å². The summed E-state index contributed by atoms with van der Waals surface area (Å²) in [5, 5.41) is 8.84. The fraction of sp³-hybridized carbons (Fsp3) is 0. The summed E-state index contributed by atoms with van der Waals surface area (Å²) in [4.78, 5) is 15.7. The molecule has 0 saturated heterocycles. The molecule has 13 aromatic rings. The maximum absolute atomic E-state index is 6.85. The standard InChI is InChI=1S/C55H31N3O2S/c1-2-14-32(15-3-1)53-56-54(58-55(57-53)43-24-13-29-48-51(43)41-19-7-9-28-47(41)61-48)39-31-30-35(33-16-4-5-17-34(33)39)36-20-11-27-46-50(36)42-23-10-22-38(52(42)60-46)37-21-12-26-45-49(37)40-18-6-8-25-44(40)59-45/h1-31H. The van der Waals surface area contributed by atoms with Crippen LogP contribution in [0.4, 0.5) is 0 Å². The number of benzene rings is 9. The van der Waals surface area contributed by atoms with Crippen LogP contribution in [0, 0.1) is 0 Å². The first-order valence-corrected chi connectivity index (χ1v) is 21.2. The summed E-state index contributed by atoms with van der Waals surface area (Å²) in [7, 11) is 0. The van der Waals surface area contributed by atoms with E-state index < -0.39 is 0 Å². The van der Waals surface area contributed by atoms with Crippen LogP contribution in [0.5, 0.6) is 0 Å². The van der Waals surface area contributed by atoms with Gasteiger partial charge in [-0.3, -0.25) is 0 Å². The molecule has 13 rings (SSSR count). The minimum absolute atomic E-state index is 0.626. The van der Waals surface area contributed by atoms with Gasteiger partial charge in [0.15, 0.2) is 17.5 Å². The van der Waals surface area contributed by atoms with Crippen molar-refractivity contribution in [2.75, 3.05) is 0 Å². The van der Waals surface area contributed by atoms with Crippen LogP contribution in [0.1, 0.15) is 0 Å². The van der Waals surface area contributed by atoms with Gasteiger partial charge in [0, 0.05) is 64.0 Å². The van der Waals surface area contributed by atoms with Gasteiger partial charge in [0.25, 0.3) is 0 Å². The van der Waals surface area contributed by atoms with Crippen molar-refractivity contribution >= 4 is 86.2 Å². The molecule has 0 aliphatic heterocycles. The molecule has 4 aromatic heterocycles. The van der Waals surface area contributed by atoms with Gasteiger partial charge >= 0.3 is 0 Å². The fourth-order valence-corrected chi connectivity index (χ4v) is 10.4. The number of fused-ring (bicyclic) bond motifs is 10. The Bertz CT molecular complexity index is 3900. The van der Waals surface area contributed by atoms with Gasteiger partial charge in [-0.05, 0) is 63.9 Å². The van der Waals surface area contributed by atoms with E-state index in [-0.39, 0.29) is 0 Å². The van der Waals surface area contributed by atoms with Gasteiger partial charge in [-0.15, -0.1) is 11.3 Å². The second-order valence-electron chi connectivity index (χ2n) is 15.4. The molecule has 9 aromatic carbocycles. The Hall–Kier alpha value is -7.93. The molecule has 0 fully saturated rings. The monoisotopic (exact) mass is 797 g/mol. The molecule has 6 heteroatoms. The number of rotatable bonds is 5. The van der Waals surface area contributed by atoms with E-state index in [0.717, 1.165) is 99.0 Å². The van der Waals surface area contributed by atoms with Crippen molar-refractivity contribution in [1.82, 2.24) is 15.0 Å². The third-order valence-corrected chi connectivity index (χ3v) is 13.1. The largest absolute Gasteiger partial charge is 0.456 e. The first kappa shape index (κ1) is 34.0. The van der Waals surface area contributed by atoms with Crippen LogP contribution in [0.15, 0.2) is 197 Å². The topological polar surface area (TPSA) is 65.0 Å². The lowest BCUT2D eigenvalue weighted by molar-refractivity contribution is 0.668. The van der Waals surface area contributed by atoms with Gasteiger partial charge in [-0.25, -0.2) is 15.0 Å². The highest BCUT2D eigenvalue weighted by molar-refractivity contribution is 7.25. The summed E-state index contributed by atoms with van der Waals surface area (Å²) in [6.45, 7) is 0. The van der Waals surface area contributed by atoms with Crippen molar-refractivity contribution < 1.29 is 8.83 Å². The smallest absolute Gasteiger partial charge is 0.164 e. The van der Waals surface area contributed by atoms with Crippen molar-refractivity contribution in [1.29, 1.82) is 0 Å². The van der Waals surface area contributed by atoms with Gasteiger partial charge in [-0.1, -0.05) is 152 Å². The number of nitrogens with zero attached hydrogens (tertiary/aromatic N) is 3. The van der Waals surface area contributed by atoms with E-state index in [1.165, 1.54) is 14.8 Å². The van der Waals surface area contributed by atoms with Crippen molar-refractivity contribution in [3.05, 3.63) is 188 Å². The van der Waals surface area contributed by atoms with Gasteiger partial charge < -0.3 is 8.83 Å². The van der Waals surface area contributed by atoms with Crippen LogP contribution in [-0.4, -0.2) is 15.0 Å². The molecular formula is C55H31N3O2S. The molecule has 0 radical (unpaired) electrons. The molecule has 0 atom stereocenters. The summed E-state index contributed by atoms with van der Waals surface area (Å²) in [6.07, 6.45) is 0. The van der Waals surface area contributed by atoms with Crippen LogP contribution in [0.25, 0.3) is 131 Å². The lowest BCUT2D eigenvalue weighted by atomic mass is 9.91. The summed E-state index contributed by atoms with van der Waals surface area (Å²) < 4.78 is 15.6. The Morgan fingerprint density at radius 1 is 0.295 bits per heavy atom. The van der Waals surface area contributed by atoms with Crippen LogP contribution < -0.4 is 0 Å². The zero-order chi connectivity index (χ0) is 40.0. The van der Waals surface area contributed by atoms with Crippen molar-refractivity contribution in [3.63, 3.8) is 0 Å². The fourth-order valence-electron chi connectivity index (χ4n) is 9.31. The Morgan fingerprint density at radius 2 is 0.820 bits per heavy atom.